The Labute approximate surface area is 223 Å². The first kappa shape index (κ1) is 25.9. The largest absolute Gasteiger partial charge is 0.395 e. The van der Waals surface area contributed by atoms with Crippen LogP contribution in [0.1, 0.15) is 17.5 Å². The normalized spacial score (nSPS) is 16.6. The summed E-state index contributed by atoms with van der Waals surface area (Å²) in [4.78, 5) is 14.5. The maximum Gasteiger partial charge on any atom is 0.191 e. The maximum absolute atomic E-state index is 13.5. The fourth-order valence-electron chi connectivity index (χ4n) is 4.65. The summed E-state index contributed by atoms with van der Waals surface area (Å²) in [6.45, 7) is 4.30. The molecular weight excluding hydrogens is 513 g/mol. The summed E-state index contributed by atoms with van der Waals surface area (Å²) < 4.78 is 17.5. The molecule has 9 nitrogen and oxygen atoms in total. The summed E-state index contributed by atoms with van der Waals surface area (Å²) in [5.41, 5.74) is 3.01. The quantitative estimate of drug-likeness (QED) is 0.324. The van der Waals surface area contributed by atoms with Gasteiger partial charge in [-0.3, -0.25) is 0 Å². The van der Waals surface area contributed by atoms with Crippen LogP contribution in [0.4, 0.5) is 21.2 Å². The summed E-state index contributed by atoms with van der Waals surface area (Å²) in [5, 5.41) is 25.5. The number of imidazole rings is 1. The van der Waals surface area contributed by atoms with Crippen LogP contribution in [0.25, 0.3) is 16.9 Å². The molecule has 37 heavy (non-hydrogen) atoms. The van der Waals surface area contributed by atoms with Crippen LogP contribution >= 0.6 is 23.3 Å². The van der Waals surface area contributed by atoms with E-state index < -0.39 is 0 Å². The molecule has 4 aromatic rings. The number of halogens is 1. The topological polar surface area (TPSA) is 93.3 Å². The van der Waals surface area contributed by atoms with E-state index in [4.69, 9.17) is 15.1 Å². The lowest BCUT2D eigenvalue weighted by molar-refractivity contribution is 0.185. The van der Waals surface area contributed by atoms with Gasteiger partial charge in [0, 0.05) is 32.2 Å². The predicted molar refractivity (Wildman–Crippen MR) is 147 cm³/mol. The molecule has 3 aromatic heterocycles. The van der Waals surface area contributed by atoms with Gasteiger partial charge >= 0.3 is 0 Å². The molecule has 0 bridgehead atoms. The van der Waals surface area contributed by atoms with E-state index in [9.17, 15) is 14.6 Å². The van der Waals surface area contributed by atoms with Crippen LogP contribution in [0.2, 0.25) is 0 Å². The molecule has 2 N–H and O–H groups in total. The van der Waals surface area contributed by atoms with Gasteiger partial charge in [0.25, 0.3) is 0 Å². The van der Waals surface area contributed by atoms with Gasteiger partial charge < -0.3 is 20.0 Å². The van der Waals surface area contributed by atoms with E-state index >= 15 is 0 Å². The number of benzene rings is 1. The lowest BCUT2D eigenvalue weighted by atomic mass is 10.1. The van der Waals surface area contributed by atoms with Gasteiger partial charge in [0.2, 0.25) is 0 Å². The fourth-order valence-corrected chi connectivity index (χ4v) is 6.25. The monoisotopic (exact) mass is 543 g/mol. The van der Waals surface area contributed by atoms with E-state index in [0.717, 1.165) is 41.6 Å². The number of piperazine rings is 1. The standard InChI is InChI=1S/C25H30FN7O2S2/c1-4-19-24(30(2)25-28-23(20(15-35)37-25)16-5-7-17(26)8-6-16)33-21(27-19)9-10-22(29-33)31-11-12-32(36-3)18(13-31)14-34/h5-10,18,34-35H,4,11-15H2,1-3H3/t18-/m0/s1. The highest BCUT2D eigenvalue weighted by Gasteiger charge is 2.28. The minimum absolute atomic E-state index is 0.0366. The lowest BCUT2D eigenvalue weighted by Gasteiger charge is -2.39. The molecule has 12 heteroatoms. The molecule has 196 valence electrons. The smallest absolute Gasteiger partial charge is 0.191 e. The Morgan fingerprint density at radius 2 is 1.92 bits per heavy atom. The Balaban J connectivity index is 1.52. The molecule has 0 radical (unpaired) electrons. The molecule has 1 aliphatic rings. The molecule has 1 saturated heterocycles. The molecule has 1 aromatic carbocycles. The second kappa shape index (κ2) is 10.9. The number of aromatic nitrogens is 4. The van der Waals surface area contributed by atoms with Gasteiger partial charge in [0.1, 0.15) is 11.6 Å². The molecule has 1 aliphatic heterocycles. The van der Waals surface area contributed by atoms with Crippen molar-refractivity contribution in [3.8, 4) is 11.3 Å². The number of aliphatic hydroxyl groups is 2. The Bertz CT molecular complexity index is 1380. The highest BCUT2D eigenvalue weighted by atomic mass is 32.2. The SMILES string of the molecule is CCc1nc2ccc(N3CCN(SC)[C@H](CO)C3)nn2c1N(C)c1nc(-c2ccc(F)cc2)c(CO)s1. The Morgan fingerprint density at radius 3 is 2.59 bits per heavy atom. The second-order valence-corrected chi connectivity index (χ2v) is 10.7. The Morgan fingerprint density at radius 1 is 1.14 bits per heavy atom. The van der Waals surface area contributed by atoms with E-state index in [2.05, 4.69) is 16.1 Å². The minimum atomic E-state index is -0.317. The van der Waals surface area contributed by atoms with E-state index in [1.807, 2.05) is 34.9 Å². The van der Waals surface area contributed by atoms with Crippen LogP contribution in [0.3, 0.4) is 0 Å². The fraction of sp³-hybridized carbons (Fsp3) is 0.400. The van der Waals surface area contributed by atoms with Gasteiger partial charge in [-0.25, -0.2) is 18.7 Å². The van der Waals surface area contributed by atoms with E-state index in [1.54, 1.807) is 24.1 Å². The van der Waals surface area contributed by atoms with Crippen LogP contribution in [0.15, 0.2) is 36.4 Å². The average Bonchev–Trinajstić information content (AvgIpc) is 3.54. The van der Waals surface area contributed by atoms with Crippen molar-refractivity contribution in [2.45, 2.75) is 26.0 Å². The molecular formula is C25H30FN7O2S2. The number of nitrogens with zero attached hydrogens (tertiary/aromatic N) is 7. The van der Waals surface area contributed by atoms with Crippen LogP contribution < -0.4 is 9.80 Å². The van der Waals surface area contributed by atoms with Crippen molar-refractivity contribution in [2.75, 3.05) is 49.3 Å². The van der Waals surface area contributed by atoms with Crippen molar-refractivity contribution in [2.24, 2.45) is 0 Å². The number of anilines is 3. The third kappa shape index (κ3) is 4.91. The van der Waals surface area contributed by atoms with Crippen LogP contribution in [0, 0.1) is 5.82 Å². The van der Waals surface area contributed by atoms with Gasteiger partial charge in [-0.1, -0.05) is 30.2 Å². The summed E-state index contributed by atoms with van der Waals surface area (Å²) in [6, 6.07) is 10.1. The summed E-state index contributed by atoms with van der Waals surface area (Å²) in [7, 11) is 1.92. The van der Waals surface area contributed by atoms with Gasteiger partial charge in [0.05, 0.1) is 35.5 Å². The Kier molecular flexibility index (Phi) is 7.63. The van der Waals surface area contributed by atoms with Crippen molar-refractivity contribution >= 4 is 45.7 Å². The number of hydrogen-bond donors (Lipinski definition) is 2. The highest BCUT2D eigenvalue weighted by molar-refractivity contribution is 7.96. The zero-order chi connectivity index (χ0) is 26.1. The van der Waals surface area contributed by atoms with Gasteiger partial charge in [-0.15, -0.1) is 5.10 Å². The number of hydrogen-bond acceptors (Lipinski definition) is 10. The molecule has 0 aliphatic carbocycles. The van der Waals surface area contributed by atoms with Crippen molar-refractivity contribution in [1.29, 1.82) is 0 Å². The number of aliphatic hydroxyl groups excluding tert-OH is 2. The minimum Gasteiger partial charge on any atom is -0.395 e. The lowest BCUT2D eigenvalue weighted by Crippen LogP contribution is -2.52. The predicted octanol–water partition coefficient (Wildman–Crippen LogP) is 3.58. The third-order valence-corrected chi connectivity index (χ3v) is 8.66. The summed E-state index contributed by atoms with van der Waals surface area (Å²) in [5.74, 6) is 1.32. The number of fused-ring (bicyclic) bond motifs is 1. The van der Waals surface area contributed by atoms with Crippen molar-refractivity contribution in [3.05, 3.63) is 52.8 Å². The molecule has 5 rings (SSSR count). The maximum atomic E-state index is 13.5. The number of rotatable bonds is 8. The van der Waals surface area contributed by atoms with Crippen molar-refractivity contribution < 1.29 is 14.6 Å². The number of thiazole rings is 1. The molecule has 1 fully saturated rings. The highest BCUT2D eigenvalue weighted by Crippen LogP contribution is 2.37. The molecule has 0 unspecified atom stereocenters. The van der Waals surface area contributed by atoms with Gasteiger partial charge in [-0.2, -0.15) is 4.52 Å². The Hall–Kier alpha value is -2.77. The molecule has 0 amide bonds. The number of aryl methyl sites for hydroxylation is 1. The van der Waals surface area contributed by atoms with Crippen molar-refractivity contribution in [1.82, 2.24) is 23.9 Å². The first-order valence-corrected chi connectivity index (χ1v) is 14.1. The first-order valence-electron chi connectivity index (χ1n) is 12.1. The summed E-state index contributed by atoms with van der Waals surface area (Å²) >= 11 is 3.04. The summed E-state index contributed by atoms with van der Waals surface area (Å²) in [6.07, 6.45) is 2.74. The average molecular weight is 544 g/mol. The molecule has 1 atom stereocenters. The first-order chi connectivity index (χ1) is 18.0. The van der Waals surface area contributed by atoms with Crippen LogP contribution in [-0.2, 0) is 13.0 Å². The third-order valence-electron chi connectivity index (χ3n) is 6.59. The molecule has 4 heterocycles. The van der Waals surface area contributed by atoms with Gasteiger partial charge in [-0.05, 0) is 49.1 Å². The van der Waals surface area contributed by atoms with Gasteiger partial charge in [0.15, 0.2) is 16.6 Å². The molecule has 0 saturated carbocycles. The van der Waals surface area contributed by atoms with E-state index in [1.165, 1.54) is 23.5 Å². The zero-order valence-electron chi connectivity index (χ0n) is 21.0. The van der Waals surface area contributed by atoms with Crippen LogP contribution in [-0.4, -0.2) is 79.7 Å². The second-order valence-electron chi connectivity index (χ2n) is 8.80. The van der Waals surface area contributed by atoms with Crippen molar-refractivity contribution in [3.63, 3.8) is 0 Å². The van der Waals surface area contributed by atoms with E-state index in [0.29, 0.717) is 28.7 Å². The zero-order valence-corrected chi connectivity index (χ0v) is 22.6. The van der Waals surface area contributed by atoms with E-state index in [-0.39, 0.29) is 25.1 Å². The van der Waals surface area contributed by atoms with Crippen LogP contribution in [0.5, 0.6) is 0 Å². The molecule has 0 spiro atoms.